The molecule has 2 amide bonds. The molecule has 2 N–H and O–H groups in total. The molecule has 22 heavy (non-hydrogen) atoms. The van der Waals surface area contributed by atoms with Gasteiger partial charge in [-0.3, -0.25) is 4.79 Å². The predicted octanol–water partition coefficient (Wildman–Crippen LogP) is 3.49. The highest BCUT2D eigenvalue weighted by atomic mass is 16.6. The number of hydrogen-bond donors (Lipinski definition) is 2. The average molecular weight is 306 g/mol. The van der Waals surface area contributed by atoms with Crippen molar-refractivity contribution in [2.75, 3.05) is 11.9 Å². The molecule has 0 unspecified atom stereocenters. The Morgan fingerprint density at radius 3 is 2.50 bits per heavy atom. The largest absolute Gasteiger partial charge is 0.444 e. The van der Waals surface area contributed by atoms with Crippen molar-refractivity contribution in [1.82, 2.24) is 5.32 Å². The van der Waals surface area contributed by atoms with Crippen LogP contribution in [0.25, 0.3) is 0 Å². The van der Waals surface area contributed by atoms with E-state index >= 15 is 0 Å². The van der Waals surface area contributed by atoms with E-state index in [2.05, 4.69) is 17.6 Å². The maximum absolute atomic E-state index is 11.9. The molecule has 0 spiro atoms. The summed E-state index contributed by atoms with van der Waals surface area (Å²) in [4.78, 5) is 23.3. The Labute approximate surface area is 132 Å². The molecule has 5 nitrogen and oxygen atoms in total. The molecule has 0 aliphatic carbocycles. The molecule has 0 bridgehead atoms. The van der Waals surface area contributed by atoms with E-state index < -0.39 is 11.7 Å². The highest BCUT2D eigenvalue weighted by Crippen LogP contribution is 2.15. The van der Waals surface area contributed by atoms with Gasteiger partial charge in [0.2, 0.25) is 5.91 Å². The molecule has 1 rings (SSSR count). The molecule has 1 aromatic rings. The van der Waals surface area contributed by atoms with Gasteiger partial charge in [0.05, 0.1) is 0 Å². The Hall–Kier alpha value is -2.04. The number of amides is 2. The summed E-state index contributed by atoms with van der Waals surface area (Å²) < 4.78 is 5.12. The Morgan fingerprint density at radius 1 is 1.18 bits per heavy atom. The van der Waals surface area contributed by atoms with Gasteiger partial charge in [-0.15, -0.1) is 0 Å². The van der Waals surface area contributed by atoms with Crippen LogP contribution in [0.3, 0.4) is 0 Å². The molecule has 0 fully saturated rings. The lowest BCUT2D eigenvalue weighted by Gasteiger charge is -2.19. The van der Waals surface area contributed by atoms with Crippen LogP contribution >= 0.6 is 0 Å². The lowest BCUT2D eigenvalue weighted by atomic mass is 10.1. The molecule has 0 heterocycles. The first kappa shape index (κ1) is 18.0. The van der Waals surface area contributed by atoms with Crippen LogP contribution in [-0.4, -0.2) is 24.1 Å². The molecule has 0 aliphatic heterocycles. The fourth-order valence-corrected chi connectivity index (χ4v) is 1.92. The lowest BCUT2D eigenvalue weighted by Crippen LogP contribution is -2.33. The average Bonchev–Trinajstić information content (AvgIpc) is 2.42. The van der Waals surface area contributed by atoms with Crippen LogP contribution in [0.4, 0.5) is 10.5 Å². The second-order valence-electron chi connectivity index (χ2n) is 6.09. The van der Waals surface area contributed by atoms with Crippen LogP contribution in [0.5, 0.6) is 0 Å². The minimum atomic E-state index is -0.509. The standard InChI is InChI=1S/C17H26N2O3/c1-5-13-9-6-7-10-14(13)19-15(20)11-8-12-18-16(21)22-17(2,3)4/h6-7,9-10H,5,8,11-12H2,1-4H3,(H,18,21)(H,19,20). The Morgan fingerprint density at radius 2 is 1.86 bits per heavy atom. The Balaban J connectivity index is 2.28. The minimum absolute atomic E-state index is 0.0492. The van der Waals surface area contributed by atoms with Crippen LogP contribution in [0.2, 0.25) is 0 Å². The molecule has 0 saturated heterocycles. The van der Waals surface area contributed by atoms with E-state index in [1.54, 1.807) is 0 Å². The number of hydrogen-bond acceptors (Lipinski definition) is 3. The van der Waals surface area contributed by atoms with E-state index in [4.69, 9.17) is 4.74 Å². The van der Waals surface area contributed by atoms with Crippen molar-refractivity contribution in [3.05, 3.63) is 29.8 Å². The fourth-order valence-electron chi connectivity index (χ4n) is 1.92. The highest BCUT2D eigenvalue weighted by molar-refractivity contribution is 5.91. The van der Waals surface area contributed by atoms with Crippen LogP contribution in [0.1, 0.15) is 46.1 Å². The van der Waals surface area contributed by atoms with Gasteiger partial charge in [-0.1, -0.05) is 25.1 Å². The van der Waals surface area contributed by atoms with Crippen molar-refractivity contribution in [3.8, 4) is 0 Å². The molecule has 0 atom stereocenters. The second-order valence-corrected chi connectivity index (χ2v) is 6.09. The summed E-state index contributed by atoms with van der Waals surface area (Å²) in [6, 6.07) is 7.76. The van der Waals surface area contributed by atoms with E-state index in [0.29, 0.717) is 19.4 Å². The van der Waals surface area contributed by atoms with Crippen molar-refractivity contribution in [2.45, 2.75) is 52.6 Å². The summed E-state index contributed by atoms with van der Waals surface area (Å²) in [7, 11) is 0. The molecule has 0 aliphatic rings. The quantitative estimate of drug-likeness (QED) is 0.791. The smallest absolute Gasteiger partial charge is 0.407 e. The first-order valence-electron chi connectivity index (χ1n) is 7.66. The van der Waals surface area contributed by atoms with Gasteiger partial charge in [-0.25, -0.2) is 4.79 Å². The number of nitrogens with one attached hydrogen (secondary N) is 2. The Bertz CT molecular complexity index is 507. The first-order chi connectivity index (χ1) is 10.3. The molecule has 0 aromatic heterocycles. The van der Waals surface area contributed by atoms with Crippen LogP contribution in [0.15, 0.2) is 24.3 Å². The van der Waals surface area contributed by atoms with Crippen molar-refractivity contribution in [1.29, 1.82) is 0 Å². The number of rotatable bonds is 6. The third kappa shape index (κ3) is 7.11. The lowest BCUT2D eigenvalue weighted by molar-refractivity contribution is -0.116. The summed E-state index contributed by atoms with van der Waals surface area (Å²) in [6.45, 7) is 7.90. The molecule has 0 saturated carbocycles. The number of para-hydroxylation sites is 1. The van der Waals surface area contributed by atoms with Gasteiger partial charge in [-0.2, -0.15) is 0 Å². The highest BCUT2D eigenvalue weighted by Gasteiger charge is 2.15. The summed E-state index contributed by atoms with van der Waals surface area (Å²) in [5, 5.41) is 5.54. The molecule has 0 radical (unpaired) electrons. The molecule has 122 valence electrons. The van der Waals surface area contributed by atoms with Crippen LogP contribution in [0, 0.1) is 0 Å². The second kappa shape index (κ2) is 8.41. The summed E-state index contributed by atoms with van der Waals surface area (Å²) in [5.41, 5.74) is 1.46. The van der Waals surface area contributed by atoms with Gasteiger partial charge in [-0.05, 0) is 45.2 Å². The van der Waals surface area contributed by atoms with E-state index in [1.165, 1.54) is 0 Å². The number of benzene rings is 1. The molecule has 1 aromatic carbocycles. The molecular formula is C17H26N2O3. The maximum atomic E-state index is 11.9. The zero-order valence-electron chi connectivity index (χ0n) is 13.9. The minimum Gasteiger partial charge on any atom is -0.444 e. The van der Waals surface area contributed by atoms with Gasteiger partial charge >= 0.3 is 6.09 Å². The van der Waals surface area contributed by atoms with Crippen molar-refractivity contribution >= 4 is 17.7 Å². The van der Waals surface area contributed by atoms with Gasteiger partial charge in [0, 0.05) is 18.7 Å². The van der Waals surface area contributed by atoms with Crippen LogP contribution < -0.4 is 10.6 Å². The third-order valence-electron chi connectivity index (χ3n) is 2.92. The normalized spacial score (nSPS) is 10.9. The molecular weight excluding hydrogens is 280 g/mol. The van der Waals surface area contributed by atoms with E-state index in [1.807, 2.05) is 45.0 Å². The number of alkyl carbamates (subject to hydrolysis) is 1. The van der Waals surface area contributed by atoms with Gasteiger partial charge in [0.25, 0.3) is 0 Å². The topological polar surface area (TPSA) is 67.4 Å². The number of anilines is 1. The number of aryl methyl sites for hydroxylation is 1. The number of carbonyl (C=O) groups is 2. The summed E-state index contributed by atoms with van der Waals surface area (Å²) in [5.74, 6) is -0.0492. The third-order valence-corrected chi connectivity index (χ3v) is 2.92. The van der Waals surface area contributed by atoms with Crippen molar-refractivity contribution < 1.29 is 14.3 Å². The number of ether oxygens (including phenoxy) is 1. The summed E-state index contributed by atoms with van der Waals surface area (Å²) >= 11 is 0. The number of carbonyl (C=O) groups excluding carboxylic acids is 2. The SMILES string of the molecule is CCc1ccccc1NC(=O)CCCNC(=O)OC(C)(C)C. The van der Waals surface area contributed by atoms with Gasteiger partial charge in [0.1, 0.15) is 5.60 Å². The first-order valence-corrected chi connectivity index (χ1v) is 7.66. The van der Waals surface area contributed by atoms with Crippen molar-refractivity contribution in [3.63, 3.8) is 0 Å². The van der Waals surface area contributed by atoms with E-state index in [-0.39, 0.29) is 5.91 Å². The van der Waals surface area contributed by atoms with E-state index in [0.717, 1.165) is 17.7 Å². The zero-order chi connectivity index (χ0) is 16.6. The van der Waals surface area contributed by atoms with Gasteiger partial charge in [0.15, 0.2) is 0 Å². The Kier molecular flexibility index (Phi) is 6.89. The molecule has 5 heteroatoms. The van der Waals surface area contributed by atoms with E-state index in [9.17, 15) is 9.59 Å². The van der Waals surface area contributed by atoms with Gasteiger partial charge < -0.3 is 15.4 Å². The maximum Gasteiger partial charge on any atom is 0.407 e. The fraction of sp³-hybridized carbons (Fsp3) is 0.529. The zero-order valence-corrected chi connectivity index (χ0v) is 13.9. The summed E-state index contributed by atoms with van der Waals surface area (Å²) in [6.07, 6.45) is 1.34. The monoisotopic (exact) mass is 306 g/mol. The van der Waals surface area contributed by atoms with Crippen LogP contribution in [-0.2, 0) is 16.0 Å². The predicted molar refractivity (Wildman–Crippen MR) is 87.9 cm³/mol. The van der Waals surface area contributed by atoms with Crippen molar-refractivity contribution in [2.24, 2.45) is 0 Å².